The lowest BCUT2D eigenvalue weighted by atomic mass is 10.1. The molecule has 1 fully saturated rings. The van der Waals surface area contributed by atoms with E-state index >= 15 is 0 Å². The summed E-state index contributed by atoms with van der Waals surface area (Å²) >= 11 is 0. The van der Waals surface area contributed by atoms with Crippen molar-refractivity contribution in [2.75, 3.05) is 46.3 Å². The Labute approximate surface area is 152 Å². The van der Waals surface area contributed by atoms with Gasteiger partial charge >= 0.3 is 0 Å². The van der Waals surface area contributed by atoms with Crippen molar-refractivity contribution in [3.63, 3.8) is 0 Å². The molecule has 1 saturated heterocycles. The van der Waals surface area contributed by atoms with Crippen LogP contribution in [0.4, 0.5) is 0 Å². The number of amides is 1. The molecular weight excluding hydrogens is 318 g/mol. The molecule has 0 radical (unpaired) electrons. The molecule has 0 aromatic heterocycles. The molecular formula is C18H37N5O2. The number of carbonyl (C=O) groups is 1. The second kappa shape index (κ2) is 10.6. The van der Waals surface area contributed by atoms with Gasteiger partial charge in [-0.2, -0.15) is 0 Å². The number of likely N-dealkylation sites (tertiary alicyclic amines) is 1. The van der Waals surface area contributed by atoms with E-state index in [-0.39, 0.29) is 24.1 Å². The standard InChI is InChI=1S/C18H37N5O2/c1-6-19-17(22(5)14-16(25)21-18(2,3)4)20-10-7-11-23-12-8-15(24)9-13-23/h15,24H,6-14H2,1-5H3,(H,19,20)(H,21,25). The van der Waals surface area contributed by atoms with Crippen molar-refractivity contribution < 1.29 is 9.90 Å². The van der Waals surface area contributed by atoms with Gasteiger partial charge in [0.15, 0.2) is 5.96 Å². The van der Waals surface area contributed by atoms with Gasteiger partial charge in [0.1, 0.15) is 0 Å². The van der Waals surface area contributed by atoms with E-state index in [1.165, 1.54) is 0 Å². The molecule has 146 valence electrons. The lowest BCUT2D eigenvalue weighted by Gasteiger charge is -2.29. The number of guanidine groups is 1. The molecule has 3 N–H and O–H groups in total. The molecule has 0 saturated carbocycles. The predicted molar refractivity (Wildman–Crippen MR) is 103 cm³/mol. The molecule has 7 heteroatoms. The number of rotatable bonds is 7. The van der Waals surface area contributed by atoms with Crippen molar-refractivity contribution in [2.24, 2.45) is 4.99 Å². The van der Waals surface area contributed by atoms with E-state index in [0.29, 0.717) is 0 Å². The Kier molecular flexibility index (Phi) is 9.21. The van der Waals surface area contributed by atoms with Crippen molar-refractivity contribution in [2.45, 2.75) is 58.6 Å². The van der Waals surface area contributed by atoms with Gasteiger partial charge in [0, 0.05) is 38.8 Å². The average molecular weight is 356 g/mol. The number of nitrogens with zero attached hydrogens (tertiary/aromatic N) is 3. The van der Waals surface area contributed by atoms with Gasteiger partial charge < -0.3 is 25.5 Å². The van der Waals surface area contributed by atoms with Gasteiger partial charge in [0.05, 0.1) is 12.6 Å². The van der Waals surface area contributed by atoms with E-state index in [9.17, 15) is 9.90 Å². The fourth-order valence-electron chi connectivity index (χ4n) is 2.84. The normalized spacial score (nSPS) is 17.4. The minimum atomic E-state index is -0.227. The molecule has 1 aliphatic rings. The highest BCUT2D eigenvalue weighted by Crippen LogP contribution is 2.09. The van der Waals surface area contributed by atoms with Gasteiger partial charge in [-0.1, -0.05) is 0 Å². The number of hydrogen-bond acceptors (Lipinski definition) is 4. The number of aliphatic imine (C=N–C) groups is 1. The Balaban J connectivity index is 2.40. The van der Waals surface area contributed by atoms with Crippen LogP contribution < -0.4 is 10.6 Å². The number of hydrogen-bond donors (Lipinski definition) is 3. The van der Waals surface area contributed by atoms with Crippen LogP contribution in [0.5, 0.6) is 0 Å². The Morgan fingerprint density at radius 3 is 2.52 bits per heavy atom. The third kappa shape index (κ3) is 9.65. The van der Waals surface area contributed by atoms with Crippen molar-refractivity contribution in [1.29, 1.82) is 0 Å². The minimum Gasteiger partial charge on any atom is -0.393 e. The van der Waals surface area contributed by atoms with Crippen molar-refractivity contribution >= 4 is 11.9 Å². The van der Waals surface area contributed by atoms with Crippen molar-refractivity contribution in [3.8, 4) is 0 Å². The number of nitrogens with one attached hydrogen (secondary N) is 2. The number of likely N-dealkylation sites (N-methyl/N-ethyl adjacent to an activating group) is 1. The Morgan fingerprint density at radius 2 is 1.96 bits per heavy atom. The molecule has 0 aromatic carbocycles. The SMILES string of the molecule is CCNC(=NCCCN1CCC(O)CC1)N(C)CC(=O)NC(C)(C)C. The van der Waals surface area contributed by atoms with E-state index < -0.39 is 0 Å². The highest BCUT2D eigenvalue weighted by Gasteiger charge is 2.17. The fourth-order valence-corrected chi connectivity index (χ4v) is 2.84. The summed E-state index contributed by atoms with van der Waals surface area (Å²) in [6, 6.07) is 0. The van der Waals surface area contributed by atoms with E-state index in [2.05, 4.69) is 20.5 Å². The van der Waals surface area contributed by atoms with Gasteiger partial charge in [-0.15, -0.1) is 0 Å². The van der Waals surface area contributed by atoms with E-state index in [4.69, 9.17) is 0 Å². The summed E-state index contributed by atoms with van der Waals surface area (Å²) in [5.41, 5.74) is -0.227. The number of piperidine rings is 1. The second-order valence-electron chi connectivity index (χ2n) is 7.82. The van der Waals surface area contributed by atoms with Crippen LogP contribution in [-0.2, 0) is 4.79 Å². The quantitative estimate of drug-likeness (QED) is 0.355. The largest absolute Gasteiger partial charge is 0.393 e. The van der Waals surface area contributed by atoms with Crippen LogP contribution in [0, 0.1) is 0 Å². The monoisotopic (exact) mass is 355 g/mol. The molecule has 0 unspecified atom stereocenters. The second-order valence-corrected chi connectivity index (χ2v) is 7.82. The van der Waals surface area contributed by atoms with Gasteiger partial charge in [-0.3, -0.25) is 9.79 Å². The van der Waals surface area contributed by atoms with Crippen LogP contribution in [0.2, 0.25) is 0 Å². The van der Waals surface area contributed by atoms with Crippen molar-refractivity contribution in [1.82, 2.24) is 20.4 Å². The van der Waals surface area contributed by atoms with Crippen LogP contribution in [-0.4, -0.2) is 84.7 Å². The van der Waals surface area contributed by atoms with Crippen LogP contribution >= 0.6 is 0 Å². The molecule has 0 aliphatic carbocycles. The van der Waals surface area contributed by atoms with Gasteiger partial charge in [-0.25, -0.2) is 0 Å². The molecule has 1 rings (SSSR count). The predicted octanol–water partition coefficient (Wildman–Crippen LogP) is 0.645. The number of aliphatic hydroxyl groups excluding tert-OH is 1. The molecule has 1 amide bonds. The molecule has 25 heavy (non-hydrogen) atoms. The first-order valence-electron chi connectivity index (χ1n) is 9.42. The lowest BCUT2D eigenvalue weighted by molar-refractivity contribution is -0.122. The number of carbonyl (C=O) groups excluding carboxylic acids is 1. The highest BCUT2D eigenvalue weighted by molar-refractivity contribution is 5.86. The zero-order valence-corrected chi connectivity index (χ0v) is 16.6. The maximum atomic E-state index is 12.1. The summed E-state index contributed by atoms with van der Waals surface area (Å²) in [6.45, 7) is 12.7. The maximum Gasteiger partial charge on any atom is 0.240 e. The molecule has 0 bridgehead atoms. The van der Waals surface area contributed by atoms with Gasteiger partial charge in [-0.05, 0) is 53.5 Å². The topological polar surface area (TPSA) is 80.2 Å². The minimum absolute atomic E-state index is 0.00697. The molecule has 0 spiro atoms. The molecule has 0 atom stereocenters. The summed E-state index contributed by atoms with van der Waals surface area (Å²) in [5.74, 6) is 0.758. The van der Waals surface area contributed by atoms with Crippen LogP contribution in [0.15, 0.2) is 4.99 Å². The third-order valence-corrected chi connectivity index (χ3v) is 4.04. The summed E-state index contributed by atoms with van der Waals surface area (Å²) in [5, 5.41) is 15.8. The van der Waals surface area contributed by atoms with Crippen molar-refractivity contribution in [3.05, 3.63) is 0 Å². The summed E-state index contributed by atoms with van der Waals surface area (Å²) in [7, 11) is 1.88. The van der Waals surface area contributed by atoms with Crippen LogP contribution in [0.25, 0.3) is 0 Å². The molecule has 1 aliphatic heterocycles. The fraction of sp³-hybridized carbons (Fsp3) is 0.889. The Morgan fingerprint density at radius 1 is 1.32 bits per heavy atom. The average Bonchev–Trinajstić information content (AvgIpc) is 2.50. The van der Waals surface area contributed by atoms with Crippen LogP contribution in [0.3, 0.4) is 0 Å². The summed E-state index contributed by atoms with van der Waals surface area (Å²) < 4.78 is 0. The first kappa shape index (κ1) is 21.7. The Hall–Kier alpha value is -1.34. The zero-order chi connectivity index (χ0) is 18.9. The smallest absolute Gasteiger partial charge is 0.240 e. The highest BCUT2D eigenvalue weighted by atomic mass is 16.3. The Bertz CT molecular complexity index is 426. The summed E-state index contributed by atoms with van der Waals surface area (Å²) in [4.78, 5) is 21.0. The first-order valence-corrected chi connectivity index (χ1v) is 9.42. The molecule has 1 heterocycles. The van der Waals surface area contributed by atoms with Crippen LogP contribution in [0.1, 0.15) is 47.0 Å². The summed E-state index contributed by atoms with van der Waals surface area (Å²) in [6.07, 6.45) is 2.60. The molecule has 0 aromatic rings. The number of aliphatic hydroxyl groups is 1. The van der Waals surface area contributed by atoms with Gasteiger partial charge in [0.2, 0.25) is 5.91 Å². The molecule has 7 nitrogen and oxygen atoms in total. The zero-order valence-electron chi connectivity index (χ0n) is 16.6. The van der Waals surface area contributed by atoms with E-state index in [1.807, 2.05) is 39.6 Å². The third-order valence-electron chi connectivity index (χ3n) is 4.04. The van der Waals surface area contributed by atoms with Gasteiger partial charge in [0.25, 0.3) is 0 Å². The lowest BCUT2D eigenvalue weighted by Crippen LogP contribution is -2.48. The van der Waals surface area contributed by atoms with E-state index in [1.54, 1.807) is 0 Å². The van der Waals surface area contributed by atoms with E-state index in [0.717, 1.165) is 57.9 Å². The maximum absolute atomic E-state index is 12.1. The first-order chi connectivity index (χ1) is 11.7.